The fourth-order valence-corrected chi connectivity index (χ4v) is 2.41. The van der Waals surface area contributed by atoms with Crippen LogP contribution in [0.5, 0.6) is 0 Å². The van der Waals surface area contributed by atoms with Crippen molar-refractivity contribution in [2.75, 3.05) is 46.9 Å². The molecule has 0 bridgehead atoms. The van der Waals surface area contributed by atoms with E-state index >= 15 is 0 Å². The molecule has 0 aliphatic carbocycles. The minimum atomic E-state index is -4.62. The van der Waals surface area contributed by atoms with Gasteiger partial charge in [-0.3, -0.25) is 0 Å². The molecule has 28 heavy (non-hydrogen) atoms. The first-order valence-corrected chi connectivity index (χ1v) is 8.83. The first kappa shape index (κ1) is 26.9. The topological polar surface area (TPSA) is 48.9 Å². The lowest BCUT2D eigenvalue weighted by atomic mass is 10.1. The molecule has 0 spiro atoms. The molecular weight excluding hydrogens is 491 g/mol. The molecule has 0 unspecified atom stereocenters. The van der Waals surface area contributed by atoms with Crippen LogP contribution in [0.1, 0.15) is 24.5 Å². The largest absolute Gasteiger partial charge is 0.416 e. The summed E-state index contributed by atoms with van der Waals surface area (Å²) in [4.78, 5) is 6.32. The molecule has 0 heterocycles. The van der Waals surface area contributed by atoms with E-state index in [1.165, 1.54) is 0 Å². The standard InChI is InChI=1S/C18H28F4N4O.HI/c1-4-23-17(24-8-10-26(2)9-5-11-27-3)25-13-14-6-7-15(19)12-16(14)18(20,21)22;/h6-7,12H,4-5,8-11,13H2,1-3H3,(H2,23,24,25);1H. The molecule has 0 saturated carbocycles. The number of benzene rings is 1. The Bertz CT molecular complexity index is 599. The van der Waals surface area contributed by atoms with Crippen LogP contribution in [0.15, 0.2) is 23.2 Å². The van der Waals surface area contributed by atoms with Crippen molar-refractivity contribution < 1.29 is 22.3 Å². The van der Waals surface area contributed by atoms with Crippen LogP contribution in [-0.4, -0.2) is 57.8 Å². The van der Waals surface area contributed by atoms with Crippen LogP contribution < -0.4 is 10.6 Å². The van der Waals surface area contributed by atoms with Crippen LogP contribution in [0.4, 0.5) is 17.6 Å². The van der Waals surface area contributed by atoms with Gasteiger partial charge in [0.05, 0.1) is 12.1 Å². The van der Waals surface area contributed by atoms with Crippen molar-refractivity contribution in [3.8, 4) is 0 Å². The Kier molecular flexibility index (Phi) is 13.4. The van der Waals surface area contributed by atoms with Crippen molar-refractivity contribution in [3.05, 3.63) is 35.1 Å². The summed E-state index contributed by atoms with van der Waals surface area (Å²) in [6.07, 6.45) is -3.70. The Morgan fingerprint density at radius 2 is 1.93 bits per heavy atom. The van der Waals surface area contributed by atoms with Crippen molar-refractivity contribution in [1.82, 2.24) is 15.5 Å². The van der Waals surface area contributed by atoms with Crippen molar-refractivity contribution >= 4 is 29.9 Å². The second-order valence-corrected chi connectivity index (χ2v) is 6.07. The van der Waals surface area contributed by atoms with Crippen molar-refractivity contribution in [1.29, 1.82) is 0 Å². The molecule has 0 saturated heterocycles. The lowest BCUT2D eigenvalue weighted by Crippen LogP contribution is -2.41. The number of alkyl halides is 3. The van der Waals surface area contributed by atoms with Gasteiger partial charge in [-0.15, -0.1) is 24.0 Å². The molecular formula is C18H29F4IN4O. The summed E-state index contributed by atoms with van der Waals surface area (Å²) in [5.41, 5.74) is -1.07. The average Bonchev–Trinajstić information content (AvgIpc) is 2.60. The number of hydrogen-bond acceptors (Lipinski definition) is 3. The van der Waals surface area contributed by atoms with Gasteiger partial charge in [0.1, 0.15) is 5.82 Å². The predicted octanol–water partition coefficient (Wildman–Crippen LogP) is 3.49. The molecule has 0 atom stereocenters. The van der Waals surface area contributed by atoms with Gasteiger partial charge in [-0.1, -0.05) is 6.07 Å². The Morgan fingerprint density at radius 1 is 1.21 bits per heavy atom. The van der Waals surface area contributed by atoms with E-state index < -0.39 is 17.6 Å². The average molecular weight is 520 g/mol. The van der Waals surface area contributed by atoms with Gasteiger partial charge in [0.2, 0.25) is 0 Å². The summed E-state index contributed by atoms with van der Waals surface area (Å²) in [7, 11) is 3.64. The number of likely N-dealkylation sites (N-methyl/N-ethyl adjacent to an activating group) is 1. The van der Waals surface area contributed by atoms with Crippen LogP contribution in [0.2, 0.25) is 0 Å². The Labute approximate surface area is 180 Å². The van der Waals surface area contributed by atoms with E-state index in [9.17, 15) is 17.6 Å². The molecule has 0 aliphatic heterocycles. The zero-order valence-electron chi connectivity index (χ0n) is 16.4. The number of methoxy groups -OCH3 is 1. The Hall–Kier alpha value is -1.14. The third kappa shape index (κ3) is 10.4. The monoisotopic (exact) mass is 520 g/mol. The van der Waals surface area contributed by atoms with Crippen molar-refractivity contribution in [2.45, 2.75) is 26.1 Å². The molecule has 0 amide bonds. The van der Waals surface area contributed by atoms with E-state index in [0.29, 0.717) is 31.7 Å². The molecule has 1 aromatic rings. The number of nitrogens with zero attached hydrogens (tertiary/aromatic N) is 2. The van der Waals surface area contributed by atoms with E-state index in [2.05, 4.69) is 20.5 Å². The van der Waals surface area contributed by atoms with Gasteiger partial charge in [0, 0.05) is 39.9 Å². The fourth-order valence-electron chi connectivity index (χ4n) is 2.41. The molecule has 1 aromatic carbocycles. The minimum absolute atomic E-state index is 0. The molecule has 0 radical (unpaired) electrons. The van der Waals surface area contributed by atoms with Crippen LogP contribution >= 0.6 is 24.0 Å². The molecule has 0 fully saturated rings. The smallest absolute Gasteiger partial charge is 0.385 e. The summed E-state index contributed by atoms with van der Waals surface area (Å²) in [6.45, 7) is 5.16. The van der Waals surface area contributed by atoms with Gasteiger partial charge < -0.3 is 20.3 Å². The number of guanidine groups is 1. The van der Waals surface area contributed by atoms with E-state index in [-0.39, 0.29) is 36.1 Å². The first-order valence-electron chi connectivity index (χ1n) is 8.83. The van der Waals surface area contributed by atoms with Gasteiger partial charge in [-0.25, -0.2) is 9.38 Å². The highest BCUT2D eigenvalue weighted by Gasteiger charge is 2.33. The lowest BCUT2D eigenvalue weighted by Gasteiger charge is -2.18. The van der Waals surface area contributed by atoms with Crippen LogP contribution in [-0.2, 0) is 17.5 Å². The van der Waals surface area contributed by atoms with Crippen LogP contribution in [0, 0.1) is 5.82 Å². The van der Waals surface area contributed by atoms with E-state index in [4.69, 9.17) is 4.74 Å². The quantitative estimate of drug-likeness (QED) is 0.163. The summed E-state index contributed by atoms with van der Waals surface area (Å²) in [5, 5.41) is 6.09. The van der Waals surface area contributed by atoms with Crippen LogP contribution in [0.25, 0.3) is 0 Å². The number of ether oxygens (including phenoxy) is 1. The molecule has 1 rings (SSSR count). The van der Waals surface area contributed by atoms with E-state index in [1.54, 1.807) is 7.11 Å². The second kappa shape index (κ2) is 13.9. The van der Waals surface area contributed by atoms with Crippen molar-refractivity contribution in [3.63, 3.8) is 0 Å². The molecule has 0 aromatic heterocycles. The van der Waals surface area contributed by atoms with Gasteiger partial charge in [0.15, 0.2) is 5.96 Å². The van der Waals surface area contributed by atoms with Gasteiger partial charge >= 0.3 is 6.18 Å². The van der Waals surface area contributed by atoms with E-state index in [0.717, 1.165) is 31.6 Å². The summed E-state index contributed by atoms with van der Waals surface area (Å²) in [5.74, 6) is -0.503. The summed E-state index contributed by atoms with van der Waals surface area (Å²) in [6, 6.07) is 2.63. The SMILES string of the molecule is CCNC(=NCc1ccc(F)cc1C(F)(F)F)NCCN(C)CCCOC.I. The van der Waals surface area contributed by atoms with Gasteiger partial charge in [-0.05, 0) is 38.1 Å². The Balaban J connectivity index is 0.00000729. The zero-order valence-corrected chi connectivity index (χ0v) is 18.7. The highest BCUT2D eigenvalue weighted by molar-refractivity contribution is 14.0. The van der Waals surface area contributed by atoms with Gasteiger partial charge in [-0.2, -0.15) is 13.2 Å². The molecule has 5 nitrogen and oxygen atoms in total. The number of rotatable bonds is 10. The molecule has 2 N–H and O–H groups in total. The zero-order chi connectivity index (χ0) is 20.3. The van der Waals surface area contributed by atoms with Crippen molar-refractivity contribution in [2.24, 2.45) is 4.99 Å². The summed E-state index contributed by atoms with van der Waals surface area (Å²) < 4.78 is 57.4. The van der Waals surface area contributed by atoms with E-state index in [1.807, 2.05) is 14.0 Å². The first-order chi connectivity index (χ1) is 12.8. The highest BCUT2D eigenvalue weighted by Crippen LogP contribution is 2.32. The fraction of sp³-hybridized carbons (Fsp3) is 0.611. The normalized spacial score (nSPS) is 12.1. The Morgan fingerprint density at radius 3 is 2.54 bits per heavy atom. The molecule has 0 aliphatic rings. The maximum atomic E-state index is 13.2. The predicted molar refractivity (Wildman–Crippen MR) is 114 cm³/mol. The van der Waals surface area contributed by atoms with Crippen LogP contribution in [0.3, 0.4) is 0 Å². The third-order valence-corrected chi connectivity index (χ3v) is 3.80. The number of nitrogens with one attached hydrogen (secondary N) is 2. The van der Waals surface area contributed by atoms with Gasteiger partial charge in [0.25, 0.3) is 0 Å². The number of halogens is 5. The number of aliphatic imine (C=N–C) groups is 1. The third-order valence-electron chi connectivity index (χ3n) is 3.80. The maximum absolute atomic E-state index is 13.2. The second-order valence-electron chi connectivity index (χ2n) is 6.07. The lowest BCUT2D eigenvalue weighted by molar-refractivity contribution is -0.138. The summed E-state index contributed by atoms with van der Waals surface area (Å²) >= 11 is 0. The maximum Gasteiger partial charge on any atom is 0.416 e. The highest BCUT2D eigenvalue weighted by atomic mass is 127. The molecule has 10 heteroatoms. The minimum Gasteiger partial charge on any atom is -0.385 e. The molecule has 162 valence electrons. The number of hydrogen-bond donors (Lipinski definition) is 2.